The molecule has 0 aromatic heterocycles. The minimum Gasteiger partial charge on any atom is -0.380 e. The molecular formula is C20H18O. The predicted octanol–water partition coefficient (Wildman–Crippen LogP) is 4.41. The molecular weight excluding hydrogens is 256 g/mol. The van der Waals surface area contributed by atoms with Crippen LogP contribution in [-0.4, -0.2) is 5.11 Å². The van der Waals surface area contributed by atoms with Crippen molar-refractivity contribution >= 4 is 10.8 Å². The normalized spacial score (nSPS) is 21.2. The number of hydrogen-bond donors (Lipinski definition) is 1. The Morgan fingerprint density at radius 2 is 1.57 bits per heavy atom. The van der Waals surface area contributed by atoms with Crippen molar-refractivity contribution in [2.45, 2.75) is 24.9 Å². The zero-order valence-electron chi connectivity index (χ0n) is 11.9. The van der Waals surface area contributed by atoms with Gasteiger partial charge in [0.05, 0.1) is 0 Å². The fourth-order valence-corrected chi connectivity index (χ4v) is 3.56. The van der Waals surface area contributed by atoms with Crippen LogP contribution in [0.4, 0.5) is 0 Å². The van der Waals surface area contributed by atoms with Gasteiger partial charge in [0, 0.05) is 0 Å². The molecule has 0 spiro atoms. The standard InChI is InChI=1S/C20H18O/c21-20(13-5-9-16-7-3-4-10-19(16)20)18-12-11-15-6-1-2-8-17(15)14-18/h1-4,6-8,10-12,14,21H,5,9,13H2. The molecule has 104 valence electrons. The van der Waals surface area contributed by atoms with Crippen LogP contribution in [0.3, 0.4) is 0 Å². The fraction of sp³-hybridized carbons (Fsp3) is 0.200. The average Bonchev–Trinajstić information content (AvgIpc) is 2.55. The van der Waals surface area contributed by atoms with Gasteiger partial charge in [-0.25, -0.2) is 0 Å². The summed E-state index contributed by atoms with van der Waals surface area (Å²) >= 11 is 0. The maximum atomic E-state index is 11.4. The van der Waals surface area contributed by atoms with Crippen LogP contribution in [0.1, 0.15) is 29.5 Å². The van der Waals surface area contributed by atoms with Crippen LogP contribution in [0.25, 0.3) is 10.8 Å². The van der Waals surface area contributed by atoms with Crippen molar-refractivity contribution < 1.29 is 5.11 Å². The van der Waals surface area contributed by atoms with Gasteiger partial charge in [-0.2, -0.15) is 0 Å². The fourth-order valence-electron chi connectivity index (χ4n) is 3.56. The minimum absolute atomic E-state index is 0.794. The molecule has 0 aliphatic heterocycles. The lowest BCUT2D eigenvalue weighted by molar-refractivity contribution is 0.0617. The summed E-state index contributed by atoms with van der Waals surface area (Å²) < 4.78 is 0. The maximum Gasteiger partial charge on any atom is 0.115 e. The Morgan fingerprint density at radius 3 is 2.48 bits per heavy atom. The number of aliphatic hydroxyl groups is 1. The summed E-state index contributed by atoms with van der Waals surface area (Å²) in [6, 6.07) is 22.9. The third-order valence-corrected chi connectivity index (χ3v) is 4.67. The van der Waals surface area contributed by atoms with E-state index < -0.39 is 5.60 Å². The van der Waals surface area contributed by atoms with Crippen LogP contribution < -0.4 is 0 Å². The Balaban J connectivity index is 1.91. The van der Waals surface area contributed by atoms with Gasteiger partial charge in [0.15, 0.2) is 0 Å². The molecule has 0 saturated heterocycles. The van der Waals surface area contributed by atoms with E-state index in [0.29, 0.717) is 0 Å². The monoisotopic (exact) mass is 274 g/mol. The van der Waals surface area contributed by atoms with Crippen LogP contribution in [0.15, 0.2) is 66.7 Å². The van der Waals surface area contributed by atoms with Crippen molar-refractivity contribution in [3.8, 4) is 0 Å². The van der Waals surface area contributed by atoms with E-state index in [1.54, 1.807) is 0 Å². The van der Waals surface area contributed by atoms with Gasteiger partial charge in [-0.05, 0) is 52.8 Å². The van der Waals surface area contributed by atoms with Crippen LogP contribution in [-0.2, 0) is 12.0 Å². The Morgan fingerprint density at radius 1 is 0.810 bits per heavy atom. The lowest BCUT2D eigenvalue weighted by Gasteiger charge is -2.35. The summed E-state index contributed by atoms with van der Waals surface area (Å²) in [4.78, 5) is 0. The maximum absolute atomic E-state index is 11.4. The summed E-state index contributed by atoms with van der Waals surface area (Å²) in [6.45, 7) is 0. The number of rotatable bonds is 1. The van der Waals surface area contributed by atoms with Gasteiger partial charge < -0.3 is 5.11 Å². The number of fused-ring (bicyclic) bond motifs is 2. The number of benzene rings is 3. The highest BCUT2D eigenvalue weighted by Gasteiger charge is 2.35. The van der Waals surface area contributed by atoms with Gasteiger partial charge in [-0.1, -0.05) is 60.7 Å². The van der Waals surface area contributed by atoms with Crippen LogP contribution in [0, 0.1) is 0 Å². The zero-order chi connectivity index (χ0) is 14.3. The molecule has 1 unspecified atom stereocenters. The molecule has 3 aromatic carbocycles. The molecule has 1 nitrogen and oxygen atoms in total. The Labute approximate surface area is 124 Å². The molecule has 1 aliphatic rings. The lowest BCUT2D eigenvalue weighted by atomic mass is 9.75. The summed E-state index contributed by atoms with van der Waals surface area (Å²) in [5.41, 5.74) is 2.51. The summed E-state index contributed by atoms with van der Waals surface area (Å²) in [6.07, 6.45) is 2.88. The Hall–Kier alpha value is -2.12. The molecule has 0 fully saturated rings. The molecule has 1 atom stereocenters. The van der Waals surface area contributed by atoms with Gasteiger partial charge in [-0.3, -0.25) is 0 Å². The SMILES string of the molecule is OC1(c2ccc3ccccc3c2)CCCc2ccccc21. The van der Waals surface area contributed by atoms with E-state index in [1.807, 2.05) is 18.2 Å². The predicted molar refractivity (Wildman–Crippen MR) is 86.3 cm³/mol. The smallest absolute Gasteiger partial charge is 0.115 e. The van der Waals surface area contributed by atoms with Gasteiger partial charge >= 0.3 is 0 Å². The second kappa shape index (κ2) is 4.71. The number of aryl methyl sites for hydroxylation is 1. The van der Waals surface area contributed by atoms with Crippen molar-refractivity contribution in [3.63, 3.8) is 0 Å². The molecule has 0 saturated carbocycles. The first-order chi connectivity index (χ1) is 10.3. The van der Waals surface area contributed by atoms with Crippen molar-refractivity contribution in [2.75, 3.05) is 0 Å². The lowest BCUT2D eigenvalue weighted by Crippen LogP contribution is -2.31. The molecule has 21 heavy (non-hydrogen) atoms. The largest absolute Gasteiger partial charge is 0.380 e. The first-order valence-electron chi connectivity index (χ1n) is 7.57. The van der Waals surface area contributed by atoms with Gasteiger partial charge in [0.2, 0.25) is 0 Å². The molecule has 1 aliphatic carbocycles. The third kappa shape index (κ3) is 1.97. The van der Waals surface area contributed by atoms with Gasteiger partial charge in [0.25, 0.3) is 0 Å². The topological polar surface area (TPSA) is 20.2 Å². The average molecular weight is 274 g/mol. The van der Waals surface area contributed by atoms with E-state index >= 15 is 0 Å². The summed E-state index contributed by atoms with van der Waals surface area (Å²) in [7, 11) is 0. The highest BCUT2D eigenvalue weighted by Crippen LogP contribution is 2.41. The molecule has 0 amide bonds. The van der Waals surface area contributed by atoms with E-state index in [2.05, 4.69) is 48.5 Å². The quantitative estimate of drug-likeness (QED) is 0.697. The molecule has 0 heterocycles. The van der Waals surface area contributed by atoms with E-state index in [-0.39, 0.29) is 0 Å². The Kier molecular flexibility index (Phi) is 2.83. The van der Waals surface area contributed by atoms with Gasteiger partial charge in [0.1, 0.15) is 5.60 Å². The van der Waals surface area contributed by atoms with E-state index in [0.717, 1.165) is 30.4 Å². The highest BCUT2D eigenvalue weighted by molar-refractivity contribution is 5.83. The summed E-state index contributed by atoms with van der Waals surface area (Å²) in [5, 5.41) is 13.8. The van der Waals surface area contributed by atoms with Crippen molar-refractivity contribution in [2.24, 2.45) is 0 Å². The van der Waals surface area contributed by atoms with Crippen LogP contribution in [0.5, 0.6) is 0 Å². The summed E-state index contributed by atoms with van der Waals surface area (Å²) in [5.74, 6) is 0. The van der Waals surface area contributed by atoms with Crippen molar-refractivity contribution in [3.05, 3.63) is 83.4 Å². The molecule has 1 N–H and O–H groups in total. The van der Waals surface area contributed by atoms with Gasteiger partial charge in [-0.15, -0.1) is 0 Å². The zero-order valence-corrected chi connectivity index (χ0v) is 11.9. The third-order valence-electron chi connectivity index (χ3n) is 4.67. The molecule has 0 radical (unpaired) electrons. The van der Waals surface area contributed by atoms with Crippen LogP contribution in [0.2, 0.25) is 0 Å². The second-order valence-electron chi connectivity index (χ2n) is 5.93. The van der Waals surface area contributed by atoms with Crippen molar-refractivity contribution in [1.29, 1.82) is 0 Å². The van der Waals surface area contributed by atoms with E-state index in [4.69, 9.17) is 0 Å². The number of hydrogen-bond acceptors (Lipinski definition) is 1. The molecule has 3 aromatic rings. The molecule has 1 heteroatoms. The molecule has 0 bridgehead atoms. The first kappa shape index (κ1) is 12.6. The first-order valence-corrected chi connectivity index (χ1v) is 7.57. The second-order valence-corrected chi connectivity index (χ2v) is 5.93. The minimum atomic E-state index is -0.848. The van der Waals surface area contributed by atoms with Crippen LogP contribution >= 0.6 is 0 Å². The van der Waals surface area contributed by atoms with E-state index in [1.165, 1.54) is 16.3 Å². The molecule has 4 rings (SSSR count). The van der Waals surface area contributed by atoms with E-state index in [9.17, 15) is 5.11 Å². The highest BCUT2D eigenvalue weighted by atomic mass is 16.3. The Bertz CT molecular complexity index is 806. The van der Waals surface area contributed by atoms with Crippen molar-refractivity contribution in [1.82, 2.24) is 0 Å².